The van der Waals surface area contributed by atoms with E-state index in [1.54, 1.807) is 6.92 Å². The molecule has 0 aromatic heterocycles. The Kier molecular flexibility index (Phi) is 5.35. The Morgan fingerprint density at radius 3 is 2.65 bits per heavy atom. The minimum atomic E-state index is -3.24. The standard InChI is InChI=1S/C10H21N3O3S/c1-3-13-17(15,16)5-4-12-10(14)9-7-11-6-8(9)2/h8-9,11,13H,3-7H2,1-2H3,(H,12,14)/t8-,9-/m1/s1. The van der Waals surface area contributed by atoms with Crippen molar-refractivity contribution < 1.29 is 13.2 Å². The lowest BCUT2D eigenvalue weighted by Gasteiger charge is -2.14. The summed E-state index contributed by atoms with van der Waals surface area (Å²) in [5.41, 5.74) is 0. The summed E-state index contributed by atoms with van der Waals surface area (Å²) < 4.78 is 25.0. The van der Waals surface area contributed by atoms with Gasteiger partial charge >= 0.3 is 0 Å². The van der Waals surface area contributed by atoms with Crippen LogP contribution in [0, 0.1) is 11.8 Å². The molecule has 0 aromatic rings. The van der Waals surface area contributed by atoms with Gasteiger partial charge in [-0.2, -0.15) is 0 Å². The van der Waals surface area contributed by atoms with E-state index in [-0.39, 0.29) is 24.1 Å². The van der Waals surface area contributed by atoms with Crippen LogP contribution in [0.1, 0.15) is 13.8 Å². The van der Waals surface area contributed by atoms with E-state index < -0.39 is 10.0 Å². The number of carbonyl (C=O) groups excluding carboxylic acids is 1. The zero-order valence-corrected chi connectivity index (χ0v) is 11.1. The zero-order chi connectivity index (χ0) is 12.9. The predicted octanol–water partition coefficient (Wildman–Crippen LogP) is -1.10. The van der Waals surface area contributed by atoms with Gasteiger partial charge in [-0.3, -0.25) is 4.79 Å². The highest BCUT2D eigenvalue weighted by molar-refractivity contribution is 7.89. The number of carbonyl (C=O) groups is 1. The Morgan fingerprint density at radius 1 is 1.41 bits per heavy atom. The van der Waals surface area contributed by atoms with Crippen LogP contribution in [0.25, 0.3) is 0 Å². The SMILES string of the molecule is CCNS(=O)(=O)CCNC(=O)[C@@H]1CNC[C@H]1C. The maximum atomic E-state index is 11.7. The number of amides is 1. The molecule has 0 unspecified atom stereocenters. The van der Waals surface area contributed by atoms with Gasteiger partial charge in [0.05, 0.1) is 11.7 Å². The van der Waals surface area contributed by atoms with Gasteiger partial charge in [-0.1, -0.05) is 13.8 Å². The largest absolute Gasteiger partial charge is 0.355 e. The molecule has 1 fully saturated rings. The van der Waals surface area contributed by atoms with E-state index in [1.165, 1.54) is 0 Å². The molecule has 1 aliphatic heterocycles. The first-order chi connectivity index (χ1) is 7.96. The van der Waals surface area contributed by atoms with Crippen molar-refractivity contribution in [1.29, 1.82) is 0 Å². The predicted molar refractivity (Wildman–Crippen MR) is 66.0 cm³/mol. The van der Waals surface area contributed by atoms with E-state index >= 15 is 0 Å². The highest BCUT2D eigenvalue weighted by Crippen LogP contribution is 2.15. The van der Waals surface area contributed by atoms with Crippen molar-refractivity contribution in [1.82, 2.24) is 15.4 Å². The molecular weight excluding hydrogens is 242 g/mol. The molecule has 7 heteroatoms. The van der Waals surface area contributed by atoms with Crippen molar-refractivity contribution in [2.24, 2.45) is 11.8 Å². The van der Waals surface area contributed by atoms with Crippen molar-refractivity contribution >= 4 is 15.9 Å². The lowest BCUT2D eigenvalue weighted by molar-refractivity contribution is -0.125. The maximum Gasteiger partial charge on any atom is 0.224 e. The average molecular weight is 263 g/mol. The van der Waals surface area contributed by atoms with Crippen LogP contribution >= 0.6 is 0 Å². The van der Waals surface area contributed by atoms with E-state index in [4.69, 9.17) is 0 Å². The van der Waals surface area contributed by atoms with Gasteiger partial charge in [-0.05, 0) is 12.5 Å². The third-order valence-corrected chi connectivity index (χ3v) is 4.36. The topological polar surface area (TPSA) is 87.3 Å². The normalized spacial score (nSPS) is 24.8. The van der Waals surface area contributed by atoms with Crippen LogP contribution in [0.2, 0.25) is 0 Å². The van der Waals surface area contributed by atoms with Crippen LogP contribution in [0.3, 0.4) is 0 Å². The first kappa shape index (κ1) is 14.4. The Balaban J connectivity index is 2.29. The fourth-order valence-corrected chi connectivity index (χ4v) is 2.85. The van der Waals surface area contributed by atoms with E-state index in [0.29, 0.717) is 19.0 Å². The van der Waals surface area contributed by atoms with Crippen molar-refractivity contribution in [3.8, 4) is 0 Å². The second kappa shape index (κ2) is 6.32. The first-order valence-electron chi connectivity index (χ1n) is 5.92. The summed E-state index contributed by atoms with van der Waals surface area (Å²) in [4.78, 5) is 11.7. The average Bonchev–Trinajstić information content (AvgIpc) is 2.63. The molecule has 3 N–H and O–H groups in total. The van der Waals surface area contributed by atoms with Gasteiger partial charge in [-0.25, -0.2) is 13.1 Å². The third kappa shape index (κ3) is 4.61. The molecule has 1 saturated heterocycles. The number of hydrogen-bond acceptors (Lipinski definition) is 4. The zero-order valence-electron chi connectivity index (χ0n) is 10.3. The Hall–Kier alpha value is -0.660. The van der Waals surface area contributed by atoms with E-state index in [9.17, 15) is 13.2 Å². The molecule has 0 aliphatic carbocycles. The molecule has 0 aromatic carbocycles. The van der Waals surface area contributed by atoms with Crippen LogP contribution in [0.5, 0.6) is 0 Å². The lowest BCUT2D eigenvalue weighted by Crippen LogP contribution is -2.39. The number of rotatable bonds is 6. The molecule has 0 bridgehead atoms. The van der Waals surface area contributed by atoms with Crippen LogP contribution in [-0.4, -0.2) is 46.3 Å². The molecule has 1 rings (SSSR count). The minimum absolute atomic E-state index is 0.0446. The van der Waals surface area contributed by atoms with Crippen LogP contribution < -0.4 is 15.4 Å². The fourth-order valence-electron chi connectivity index (χ4n) is 1.89. The Bertz CT molecular complexity index is 356. The first-order valence-corrected chi connectivity index (χ1v) is 7.57. The van der Waals surface area contributed by atoms with Crippen molar-refractivity contribution in [2.75, 3.05) is 31.9 Å². The summed E-state index contributed by atoms with van der Waals surface area (Å²) in [5, 5.41) is 5.81. The van der Waals surface area contributed by atoms with Crippen LogP contribution in [0.4, 0.5) is 0 Å². The molecule has 17 heavy (non-hydrogen) atoms. The van der Waals surface area contributed by atoms with Gasteiger partial charge in [0.2, 0.25) is 15.9 Å². The molecule has 1 amide bonds. The summed E-state index contributed by atoms with van der Waals surface area (Å²) in [7, 11) is -3.24. The lowest BCUT2D eigenvalue weighted by atomic mass is 9.97. The second-order valence-corrected chi connectivity index (χ2v) is 6.28. The van der Waals surface area contributed by atoms with Crippen molar-refractivity contribution in [3.05, 3.63) is 0 Å². The van der Waals surface area contributed by atoms with Gasteiger partial charge in [0, 0.05) is 19.6 Å². The number of hydrogen-bond donors (Lipinski definition) is 3. The van der Waals surface area contributed by atoms with Gasteiger partial charge < -0.3 is 10.6 Å². The van der Waals surface area contributed by atoms with E-state index in [2.05, 4.69) is 15.4 Å². The Labute approximate surface area is 103 Å². The van der Waals surface area contributed by atoms with Gasteiger partial charge in [-0.15, -0.1) is 0 Å². The number of nitrogens with one attached hydrogen (secondary N) is 3. The smallest absolute Gasteiger partial charge is 0.224 e. The van der Waals surface area contributed by atoms with Crippen LogP contribution in [-0.2, 0) is 14.8 Å². The summed E-state index contributed by atoms with van der Waals surface area (Å²) >= 11 is 0. The minimum Gasteiger partial charge on any atom is -0.355 e. The molecule has 100 valence electrons. The third-order valence-electron chi connectivity index (χ3n) is 2.89. The van der Waals surface area contributed by atoms with Crippen LogP contribution in [0.15, 0.2) is 0 Å². The summed E-state index contributed by atoms with van der Waals surface area (Å²) in [6.45, 7) is 5.79. The Morgan fingerprint density at radius 2 is 2.12 bits per heavy atom. The van der Waals surface area contributed by atoms with Crippen molar-refractivity contribution in [2.45, 2.75) is 13.8 Å². The molecule has 2 atom stereocenters. The van der Waals surface area contributed by atoms with E-state index in [1.807, 2.05) is 6.92 Å². The van der Waals surface area contributed by atoms with Crippen molar-refractivity contribution in [3.63, 3.8) is 0 Å². The highest BCUT2D eigenvalue weighted by Gasteiger charge is 2.29. The molecule has 0 saturated carbocycles. The monoisotopic (exact) mass is 263 g/mol. The van der Waals surface area contributed by atoms with Gasteiger partial charge in [0.15, 0.2) is 0 Å². The van der Waals surface area contributed by atoms with Gasteiger partial charge in [0.1, 0.15) is 0 Å². The van der Waals surface area contributed by atoms with E-state index in [0.717, 1.165) is 6.54 Å². The molecule has 6 nitrogen and oxygen atoms in total. The summed E-state index contributed by atoms with van der Waals surface area (Å²) in [6.07, 6.45) is 0. The number of sulfonamides is 1. The van der Waals surface area contributed by atoms with Gasteiger partial charge in [0.25, 0.3) is 0 Å². The highest BCUT2D eigenvalue weighted by atomic mass is 32.2. The summed E-state index contributed by atoms with van der Waals surface area (Å²) in [6, 6.07) is 0. The molecule has 0 spiro atoms. The quantitative estimate of drug-likeness (QED) is 0.567. The summed E-state index contributed by atoms with van der Waals surface area (Å²) in [5.74, 6) is 0.132. The second-order valence-electron chi connectivity index (χ2n) is 4.35. The molecule has 1 aliphatic rings. The molecule has 1 heterocycles. The maximum absolute atomic E-state index is 11.7. The molecule has 0 radical (unpaired) electrons. The molecular formula is C10H21N3O3S. The fraction of sp³-hybridized carbons (Fsp3) is 0.900.